The second-order valence-corrected chi connectivity index (χ2v) is 5.37. The minimum absolute atomic E-state index is 0.173. The lowest BCUT2D eigenvalue weighted by molar-refractivity contribution is 0.0690. The smallest absolute Gasteiger partial charge is 0.355 e. The first-order valence-corrected chi connectivity index (χ1v) is 6.84. The van der Waals surface area contributed by atoms with Crippen molar-refractivity contribution in [2.45, 2.75) is 6.92 Å². The van der Waals surface area contributed by atoms with E-state index in [0.717, 1.165) is 15.6 Å². The van der Waals surface area contributed by atoms with Crippen LogP contribution in [0.4, 0.5) is 0 Å². The molecule has 0 aliphatic heterocycles. The first kappa shape index (κ1) is 12.9. The number of pyridine rings is 1. The summed E-state index contributed by atoms with van der Waals surface area (Å²) in [5, 5.41) is 9.50. The molecule has 0 unspecified atom stereocenters. The maximum Gasteiger partial charge on any atom is 0.355 e. The number of carboxylic acid groups (broad SMARTS) is 1. The molecule has 1 N–H and O–H groups in total. The molecule has 3 rings (SSSR count). The number of fused-ring (bicyclic) bond motifs is 1. The van der Waals surface area contributed by atoms with Crippen molar-refractivity contribution in [3.8, 4) is 11.3 Å². The van der Waals surface area contributed by atoms with Crippen LogP contribution in [-0.2, 0) is 0 Å². The lowest BCUT2D eigenvalue weighted by Crippen LogP contribution is -2.03. The first-order valence-electron chi connectivity index (χ1n) is 6.05. The highest BCUT2D eigenvalue weighted by Crippen LogP contribution is 2.27. The molecule has 0 aliphatic carbocycles. The Labute approximate surface area is 123 Å². The van der Waals surface area contributed by atoms with Gasteiger partial charge in [0.1, 0.15) is 11.3 Å². The molecule has 0 amide bonds. The lowest BCUT2D eigenvalue weighted by Gasteiger charge is -2.02. The summed E-state index contributed by atoms with van der Waals surface area (Å²) in [7, 11) is 0. The second-order valence-electron chi connectivity index (χ2n) is 4.51. The van der Waals surface area contributed by atoms with Crippen molar-refractivity contribution in [2.24, 2.45) is 0 Å². The number of imidazole rings is 1. The summed E-state index contributed by atoms with van der Waals surface area (Å²) in [5.41, 5.74) is 3.09. The van der Waals surface area contributed by atoms with Gasteiger partial charge in [-0.1, -0.05) is 30.3 Å². The fraction of sp³-hybridized carbons (Fsp3) is 0.0667. The number of nitrogens with zero attached hydrogens (tertiary/aromatic N) is 2. The number of aromatic nitrogens is 2. The van der Waals surface area contributed by atoms with Crippen molar-refractivity contribution in [1.29, 1.82) is 0 Å². The van der Waals surface area contributed by atoms with Crippen LogP contribution >= 0.6 is 15.9 Å². The third-order valence-electron chi connectivity index (χ3n) is 3.15. The third-order valence-corrected chi connectivity index (χ3v) is 3.98. The predicted molar refractivity (Wildman–Crippen MR) is 80.0 cm³/mol. The fourth-order valence-corrected chi connectivity index (χ4v) is 2.48. The van der Waals surface area contributed by atoms with Crippen LogP contribution < -0.4 is 0 Å². The van der Waals surface area contributed by atoms with Crippen molar-refractivity contribution in [3.63, 3.8) is 0 Å². The van der Waals surface area contributed by atoms with E-state index >= 15 is 0 Å². The van der Waals surface area contributed by atoms with Gasteiger partial charge in [-0.25, -0.2) is 9.78 Å². The van der Waals surface area contributed by atoms with Gasteiger partial charge in [-0.2, -0.15) is 0 Å². The molecular weight excluding hydrogens is 320 g/mol. The van der Waals surface area contributed by atoms with Gasteiger partial charge >= 0.3 is 5.97 Å². The number of hydrogen-bond donors (Lipinski definition) is 1. The summed E-state index contributed by atoms with van der Waals surface area (Å²) in [6, 6.07) is 11.2. The van der Waals surface area contributed by atoms with E-state index in [0.29, 0.717) is 11.3 Å². The quantitative estimate of drug-likeness (QED) is 0.778. The summed E-state index contributed by atoms with van der Waals surface area (Å²) in [6.45, 7) is 1.95. The molecule has 0 radical (unpaired) electrons. The molecule has 0 saturated heterocycles. The highest BCUT2D eigenvalue weighted by molar-refractivity contribution is 9.10. The van der Waals surface area contributed by atoms with E-state index in [2.05, 4.69) is 20.9 Å². The number of carbonyl (C=O) groups is 1. The van der Waals surface area contributed by atoms with Crippen LogP contribution in [0.3, 0.4) is 0 Å². The zero-order valence-electron chi connectivity index (χ0n) is 10.7. The Kier molecular flexibility index (Phi) is 3.06. The predicted octanol–water partition coefficient (Wildman–Crippen LogP) is 3.77. The van der Waals surface area contributed by atoms with Gasteiger partial charge in [0.2, 0.25) is 0 Å². The average molecular weight is 331 g/mol. The van der Waals surface area contributed by atoms with E-state index in [1.807, 2.05) is 43.3 Å². The van der Waals surface area contributed by atoms with Gasteiger partial charge in [-0.15, -0.1) is 0 Å². The van der Waals surface area contributed by atoms with E-state index in [1.54, 1.807) is 10.6 Å². The van der Waals surface area contributed by atoms with Crippen molar-refractivity contribution in [3.05, 3.63) is 58.3 Å². The number of aromatic carboxylic acids is 1. The SMILES string of the molecule is Cc1cc2nc(-c3ccccc3)c(C(=O)O)n2cc1Br. The van der Waals surface area contributed by atoms with Crippen LogP contribution in [0.2, 0.25) is 0 Å². The van der Waals surface area contributed by atoms with Crippen LogP contribution in [0, 0.1) is 6.92 Å². The van der Waals surface area contributed by atoms with Crippen molar-refractivity contribution in [2.75, 3.05) is 0 Å². The molecule has 0 bridgehead atoms. The van der Waals surface area contributed by atoms with E-state index in [-0.39, 0.29) is 5.69 Å². The van der Waals surface area contributed by atoms with Gasteiger partial charge in [0.25, 0.3) is 0 Å². The zero-order valence-corrected chi connectivity index (χ0v) is 12.3. The molecule has 3 aromatic rings. The zero-order chi connectivity index (χ0) is 14.3. The van der Waals surface area contributed by atoms with Gasteiger partial charge in [0.05, 0.1) is 0 Å². The van der Waals surface area contributed by atoms with Crippen LogP contribution in [0.15, 0.2) is 47.1 Å². The highest BCUT2D eigenvalue weighted by atomic mass is 79.9. The van der Waals surface area contributed by atoms with Gasteiger partial charge in [-0.05, 0) is 34.5 Å². The molecule has 2 aromatic heterocycles. The van der Waals surface area contributed by atoms with Crippen molar-refractivity contribution < 1.29 is 9.90 Å². The molecule has 0 saturated carbocycles. The van der Waals surface area contributed by atoms with E-state index in [4.69, 9.17) is 0 Å². The molecule has 0 spiro atoms. The summed E-state index contributed by atoms with van der Waals surface area (Å²) in [4.78, 5) is 16.1. The van der Waals surface area contributed by atoms with Crippen LogP contribution in [0.5, 0.6) is 0 Å². The molecule has 0 fully saturated rings. The van der Waals surface area contributed by atoms with Gasteiger partial charge in [0.15, 0.2) is 5.69 Å². The molecule has 0 aliphatic rings. The average Bonchev–Trinajstić information content (AvgIpc) is 2.79. The Bertz CT molecular complexity index is 810. The fourth-order valence-electron chi connectivity index (χ4n) is 2.16. The van der Waals surface area contributed by atoms with Gasteiger partial charge in [0, 0.05) is 16.2 Å². The molecule has 20 heavy (non-hydrogen) atoms. The topological polar surface area (TPSA) is 54.6 Å². The van der Waals surface area contributed by atoms with Crippen molar-refractivity contribution in [1.82, 2.24) is 9.38 Å². The van der Waals surface area contributed by atoms with Crippen molar-refractivity contribution >= 4 is 27.5 Å². The number of carboxylic acids is 1. The molecule has 0 atom stereocenters. The Morgan fingerprint density at radius 3 is 2.65 bits per heavy atom. The Morgan fingerprint density at radius 1 is 1.30 bits per heavy atom. The first-order chi connectivity index (χ1) is 9.58. The Morgan fingerprint density at radius 2 is 2.00 bits per heavy atom. The number of hydrogen-bond acceptors (Lipinski definition) is 2. The monoisotopic (exact) mass is 330 g/mol. The van der Waals surface area contributed by atoms with Gasteiger partial charge in [-0.3, -0.25) is 4.40 Å². The molecule has 4 nitrogen and oxygen atoms in total. The second kappa shape index (κ2) is 4.76. The minimum Gasteiger partial charge on any atom is -0.476 e. The minimum atomic E-state index is -0.993. The highest BCUT2D eigenvalue weighted by Gasteiger charge is 2.20. The summed E-state index contributed by atoms with van der Waals surface area (Å²) in [5.74, 6) is -0.993. The molecule has 2 heterocycles. The van der Waals surface area contributed by atoms with Crippen LogP contribution in [0.1, 0.15) is 16.1 Å². The molecular formula is C15H11BrN2O2. The largest absolute Gasteiger partial charge is 0.476 e. The molecule has 100 valence electrons. The summed E-state index contributed by atoms with van der Waals surface area (Å²) < 4.78 is 2.45. The van der Waals surface area contributed by atoms with Crippen LogP contribution in [0.25, 0.3) is 16.9 Å². The van der Waals surface area contributed by atoms with Crippen LogP contribution in [-0.4, -0.2) is 20.5 Å². The standard InChI is InChI=1S/C15H11BrN2O2/c1-9-7-12-17-13(10-5-3-2-4-6-10)14(15(19)20)18(12)8-11(9)16/h2-8H,1H3,(H,19,20). The molecule has 1 aromatic carbocycles. The van der Waals surface area contributed by atoms with E-state index in [1.165, 1.54) is 0 Å². The summed E-state index contributed by atoms with van der Waals surface area (Å²) in [6.07, 6.45) is 1.74. The number of rotatable bonds is 2. The number of halogens is 1. The Hall–Kier alpha value is -2.14. The maximum atomic E-state index is 11.6. The van der Waals surface area contributed by atoms with E-state index < -0.39 is 5.97 Å². The number of aryl methyl sites for hydroxylation is 1. The third kappa shape index (κ3) is 2.00. The lowest BCUT2D eigenvalue weighted by atomic mass is 10.1. The number of benzene rings is 1. The Balaban J connectivity index is 2.38. The molecule has 5 heteroatoms. The summed E-state index contributed by atoms with van der Waals surface area (Å²) >= 11 is 3.42. The van der Waals surface area contributed by atoms with E-state index in [9.17, 15) is 9.90 Å². The van der Waals surface area contributed by atoms with Gasteiger partial charge < -0.3 is 5.11 Å². The maximum absolute atomic E-state index is 11.6. The normalized spacial score (nSPS) is 10.9.